The standard InChI is InChI=1S/C11H22N2O/c1-5-10(14)13-11(4)6-9(7-11)12-8(2)3/h8-9,12H,5-7H2,1-4H3,(H,13,14)/t9-,11-. The predicted molar refractivity (Wildman–Crippen MR) is 58.1 cm³/mol. The van der Waals surface area contributed by atoms with Crippen LogP contribution in [0.3, 0.4) is 0 Å². The van der Waals surface area contributed by atoms with Crippen LogP contribution in [-0.2, 0) is 4.79 Å². The normalized spacial score (nSPS) is 31.4. The van der Waals surface area contributed by atoms with Crippen molar-refractivity contribution < 1.29 is 4.79 Å². The lowest BCUT2D eigenvalue weighted by atomic mass is 9.73. The van der Waals surface area contributed by atoms with Gasteiger partial charge in [-0.05, 0) is 19.8 Å². The van der Waals surface area contributed by atoms with E-state index < -0.39 is 0 Å². The molecule has 1 fully saturated rings. The van der Waals surface area contributed by atoms with Gasteiger partial charge in [0.15, 0.2) is 0 Å². The first-order valence-electron chi connectivity index (χ1n) is 5.52. The number of carbonyl (C=O) groups is 1. The van der Waals surface area contributed by atoms with Gasteiger partial charge in [0, 0.05) is 24.0 Å². The fourth-order valence-corrected chi connectivity index (χ4v) is 2.14. The van der Waals surface area contributed by atoms with E-state index in [2.05, 4.69) is 31.4 Å². The van der Waals surface area contributed by atoms with Gasteiger partial charge in [0.05, 0.1) is 0 Å². The lowest BCUT2D eigenvalue weighted by Crippen LogP contribution is -2.61. The van der Waals surface area contributed by atoms with Crippen molar-refractivity contribution in [2.45, 2.75) is 64.6 Å². The maximum absolute atomic E-state index is 11.2. The monoisotopic (exact) mass is 198 g/mol. The Balaban J connectivity index is 2.26. The fourth-order valence-electron chi connectivity index (χ4n) is 2.14. The molecule has 1 saturated carbocycles. The molecule has 1 aliphatic rings. The minimum absolute atomic E-state index is 0.0413. The van der Waals surface area contributed by atoms with Crippen LogP contribution in [0.15, 0.2) is 0 Å². The Kier molecular flexibility index (Phi) is 3.53. The molecule has 82 valence electrons. The minimum atomic E-state index is 0.0413. The molecule has 0 heterocycles. The predicted octanol–water partition coefficient (Wildman–Crippen LogP) is 1.43. The molecule has 14 heavy (non-hydrogen) atoms. The molecule has 3 heteroatoms. The fraction of sp³-hybridized carbons (Fsp3) is 0.909. The van der Waals surface area contributed by atoms with Crippen LogP contribution in [0.25, 0.3) is 0 Å². The third-order valence-electron chi connectivity index (χ3n) is 2.73. The molecule has 1 amide bonds. The Hall–Kier alpha value is -0.570. The van der Waals surface area contributed by atoms with E-state index in [4.69, 9.17) is 0 Å². The van der Waals surface area contributed by atoms with Crippen LogP contribution < -0.4 is 10.6 Å². The van der Waals surface area contributed by atoms with E-state index in [1.807, 2.05) is 6.92 Å². The molecule has 0 aromatic rings. The van der Waals surface area contributed by atoms with Crippen molar-refractivity contribution in [3.63, 3.8) is 0 Å². The lowest BCUT2D eigenvalue weighted by molar-refractivity contribution is -0.123. The topological polar surface area (TPSA) is 41.1 Å². The summed E-state index contributed by atoms with van der Waals surface area (Å²) in [6, 6.07) is 1.11. The van der Waals surface area contributed by atoms with E-state index in [1.54, 1.807) is 0 Å². The van der Waals surface area contributed by atoms with Crippen molar-refractivity contribution in [3.8, 4) is 0 Å². The van der Waals surface area contributed by atoms with Gasteiger partial charge in [-0.1, -0.05) is 20.8 Å². The van der Waals surface area contributed by atoms with Gasteiger partial charge in [-0.2, -0.15) is 0 Å². The summed E-state index contributed by atoms with van der Waals surface area (Å²) in [7, 11) is 0. The summed E-state index contributed by atoms with van der Waals surface area (Å²) in [5, 5.41) is 6.54. The highest BCUT2D eigenvalue weighted by atomic mass is 16.1. The largest absolute Gasteiger partial charge is 0.351 e. The van der Waals surface area contributed by atoms with Gasteiger partial charge in [0.25, 0.3) is 0 Å². The molecule has 0 radical (unpaired) electrons. The number of hydrogen-bond donors (Lipinski definition) is 2. The molecule has 0 aromatic carbocycles. The summed E-state index contributed by atoms with van der Waals surface area (Å²) in [5.74, 6) is 0.162. The molecule has 0 aliphatic heterocycles. The second-order valence-electron chi connectivity index (χ2n) is 4.89. The van der Waals surface area contributed by atoms with Crippen molar-refractivity contribution in [2.75, 3.05) is 0 Å². The molecular formula is C11H22N2O. The van der Waals surface area contributed by atoms with Crippen molar-refractivity contribution in [2.24, 2.45) is 0 Å². The van der Waals surface area contributed by atoms with Crippen LogP contribution >= 0.6 is 0 Å². The Bertz CT molecular complexity index is 207. The average Bonchev–Trinajstić information content (AvgIpc) is 2.00. The van der Waals surface area contributed by atoms with Crippen molar-refractivity contribution in [1.29, 1.82) is 0 Å². The quantitative estimate of drug-likeness (QED) is 0.717. The van der Waals surface area contributed by atoms with Gasteiger partial charge < -0.3 is 10.6 Å². The summed E-state index contributed by atoms with van der Waals surface area (Å²) >= 11 is 0. The van der Waals surface area contributed by atoms with Crippen LogP contribution in [0, 0.1) is 0 Å². The highest BCUT2D eigenvalue weighted by Crippen LogP contribution is 2.32. The molecule has 0 atom stereocenters. The number of nitrogens with one attached hydrogen (secondary N) is 2. The number of rotatable bonds is 4. The van der Waals surface area contributed by atoms with Crippen molar-refractivity contribution in [3.05, 3.63) is 0 Å². The maximum atomic E-state index is 11.2. The molecule has 0 bridgehead atoms. The van der Waals surface area contributed by atoms with Crippen LogP contribution in [0.4, 0.5) is 0 Å². The van der Waals surface area contributed by atoms with Gasteiger partial charge in [0.2, 0.25) is 5.91 Å². The third kappa shape index (κ3) is 2.98. The molecule has 1 aliphatic carbocycles. The van der Waals surface area contributed by atoms with Crippen molar-refractivity contribution in [1.82, 2.24) is 10.6 Å². The second-order valence-corrected chi connectivity index (χ2v) is 4.89. The third-order valence-corrected chi connectivity index (χ3v) is 2.73. The Labute approximate surface area is 86.6 Å². The molecule has 2 N–H and O–H groups in total. The smallest absolute Gasteiger partial charge is 0.220 e. The molecule has 3 nitrogen and oxygen atoms in total. The zero-order valence-corrected chi connectivity index (χ0v) is 9.68. The minimum Gasteiger partial charge on any atom is -0.351 e. The van der Waals surface area contributed by atoms with Crippen LogP contribution in [-0.4, -0.2) is 23.5 Å². The summed E-state index contributed by atoms with van der Waals surface area (Å²) < 4.78 is 0. The number of carbonyl (C=O) groups excluding carboxylic acids is 1. The van der Waals surface area contributed by atoms with E-state index in [-0.39, 0.29) is 11.4 Å². The van der Waals surface area contributed by atoms with E-state index in [0.717, 1.165) is 12.8 Å². The van der Waals surface area contributed by atoms with E-state index in [1.165, 1.54) is 0 Å². The SMILES string of the molecule is CCC(=O)N[C@]1(C)C[C@@H](NC(C)C)C1. The second kappa shape index (κ2) is 4.30. The molecule has 1 rings (SSSR count). The van der Waals surface area contributed by atoms with E-state index >= 15 is 0 Å². The van der Waals surface area contributed by atoms with Gasteiger partial charge >= 0.3 is 0 Å². The highest BCUT2D eigenvalue weighted by molar-refractivity contribution is 5.76. The highest BCUT2D eigenvalue weighted by Gasteiger charge is 2.40. The zero-order chi connectivity index (χ0) is 10.8. The summed E-state index contributed by atoms with van der Waals surface area (Å²) in [6.07, 6.45) is 2.69. The number of amides is 1. The number of hydrogen-bond acceptors (Lipinski definition) is 2. The maximum Gasteiger partial charge on any atom is 0.220 e. The van der Waals surface area contributed by atoms with Gasteiger partial charge in [-0.15, -0.1) is 0 Å². The molecule has 0 aromatic heterocycles. The Morgan fingerprint density at radius 1 is 1.50 bits per heavy atom. The molecular weight excluding hydrogens is 176 g/mol. The summed E-state index contributed by atoms with van der Waals surface area (Å²) in [5.41, 5.74) is 0.0413. The molecule has 0 unspecified atom stereocenters. The van der Waals surface area contributed by atoms with Gasteiger partial charge in [-0.25, -0.2) is 0 Å². The van der Waals surface area contributed by atoms with Crippen LogP contribution in [0.2, 0.25) is 0 Å². The van der Waals surface area contributed by atoms with Gasteiger partial charge in [-0.3, -0.25) is 4.79 Å². The van der Waals surface area contributed by atoms with Crippen LogP contribution in [0.1, 0.15) is 47.0 Å². The lowest BCUT2D eigenvalue weighted by Gasteiger charge is -2.46. The van der Waals surface area contributed by atoms with Crippen molar-refractivity contribution >= 4 is 5.91 Å². The zero-order valence-electron chi connectivity index (χ0n) is 9.68. The van der Waals surface area contributed by atoms with E-state index in [0.29, 0.717) is 18.5 Å². The van der Waals surface area contributed by atoms with Crippen LogP contribution in [0.5, 0.6) is 0 Å². The first-order chi connectivity index (χ1) is 6.45. The average molecular weight is 198 g/mol. The van der Waals surface area contributed by atoms with Gasteiger partial charge in [0.1, 0.15) is 0 Å². The van der Waals surface area contributed by atoms with E-state index in [9.17, 15) is 4.79 Å². The summed E-state index contributed by atoms with van der Waals surface area (Å²) in [6.45, 7) is 8.32. The Morgan fingerprint density at radius 3 is 2.50 bits per heavy atom. The molecule has 0 saturated heterocycles. The summed E-state index contributed by atoms with van der Waals surface area (Å²) in [4.78, 5) is 11.2. The molecule has 0 spiro atoms. The Morgan fingerprint density at radius 2 is 2.07 bits per heavy atom. The first-order valence-corrected chi connectivity index (χ1v) is 5.52. The first kappa shape index (κ1) is 11.5.